The summed E-state index contributed by atoms with van der Waals surface area (Å²) in [6, 6.07) is 14.0. The third-order valence-electron chi connectivity index (χ3n) is 4.48. The van der Waals surface area contributed by atoms with Crippen molar-refractivity contribution in [1.29, 1.82) is 0 Å². The minimum atomic E-state index is -3.53. The Morgan fingerprint density at radius 1 is 1.00 bits per heavy atom. The Balaban J connectivity index is 1.60. The number of nitrogens with zero attached hydrogens (tertiary/aromatic N) is 1. The number of piperidine rings is 1. The first-order valence-electron chi connectivity index (χ1n) is 8.74. The van der Waals surface area contributed by atoms with Gasteiger partial charge in [0.15, 0.2) is 0 Å². The molecule has 1 saturated heterocycles. The highest BCUT2D eigenvalue weighted by atomic mass is 35.5. The van der Waals surface area contributed by atoms with Gasteiger partial charge in [0.05, 0.1) is 4.90 Å². The lowest BCUT2D eigenvalue weighted by Gasteiger charge is -2.32. The molecule has 1 heterocycles. The number of hydrogen-bond acceptors (Lipinski definition) is 4. The molecule has 6 nitrogen and oxygen atoms in total. The fraction of sp³-hybridized carbons (Fsp3) is 0.316. The van der Waals surface area contributed by atoms with Gasteiger partial charge in [-0.05, 0) is 61.4 Å². The highest BCUT2D eigenvalue weighted by molar-refractivity contribution is 7.89. The molecule has 8 heteroatoms. The largest absolute Gasteiger partial charge is 0.382 e. The lowest BCUT2D eigenvalue weighted by molar-refractivity contribution is -0.114. The van der Waals surface area contributed by atoms with Crippen LogP contribution in [0.5, 0.6) is 0 Å². The highest BCUT2D eigenvalue weighted by Crippen LogP contribution is 2.24. The molecule has 1 aliphatic rings. The summed E-state index contributed by atoms with van der Waals surface area (Å²) in [5.74, 6) is -0.194. The zero-order valence-corrected chi connectivity index (χ0v) is 16.6. The Hall–Kier alpha value is -2.09. The number of carbonyl (C=O) groups excluding carboxylic acids is 1. The number of rotatable bonds is 5. The summed E-state index contributed by atoms with van der Waals surface area (Å²) in [6.07, 6.45) is 1.46. The average molecular weight is 408 g/mol. The van der Waals surface area contributed by atoms with E-state index in [1.807, 2.05) is 24.3 Å². The van der Waals surface area contributed by atoms with Gasteiger partial charge in [0.25, 0.3) is 0 Å². The van der Waals surface area contributed by atoms with Gasteiger partial charge in [-0.3, -0.25) is 4.79 Å². The number of carbonyl (C=O) groups is 1. The molecule has 0 bridgehead atoms. The van der Waals surface area contributed by atoms with E-state index in [2.05, 4.69) is 10.6 Å². The number of nitrogens with one attached hydrogen (secondary N) is 2. The van der Waals surface area contributed by atoms with Crippen molar-refractivity contribution in [1.82, 2.24) is 4.31 Å². The van der Waals surface area contributed by atoms with Crippen LogP contribution in [0.3, 0.4) is 0 Å². The molecule has 1 fully saturated rings. The fourth-order valence-corrected chi connectivity index (χ4v) is 4.68. The van der Waals surface area contributed by atoms with Gasteiger partial charge < -0.3 is 10.6 Å². The van der Waals surface area contributed by atoms with Crippen molar-refractivity contribution in [2.24, 2.45) is 0 Å². The minimum Gasteiger partial charge on any atom is -0.382 e. The Morgan fingerprint density at radius 2 is 1.56 bits per heavy atom. The van der Waals surface area contributed by atoms with Gasteiger partial charge in [-0.1, -0.05) is 11.6 Å². The predicted molar refractivity (Wildman–Crippen MR) is 108 cm³/mol. The topological polar surface area (TPSA) is 78.5 Å². The van der Waals surface area contributed by atoms with Crippen molar-refractivity contribution in [2.75, 3.05) is 23.7 Å². The van der Waals surface area contributed by atoms with Crippen molar-refractivity contribution in [2.45, 2.75) is 30.7 Å². The summed E-state index contributed by atoms with van der Waals surface area (Å²) in [4.78, 5) is 11.3. The molecule has 3 rings (SSSR count). The SMILES string of the molecule is CC(=O)Nc1ccc(S(=O)(=O)N2CCC(Nc3ccc(Cl)cc3)CC2)cc1. The second-order valence-electron chi connectivity index (χ2n) is 6.54. The summed E-state index contributed by atoms with van der Waals surface area (Å²) < 4.78 is 27.2. The molecular formula is C19H22ClN3O3S. The maximum atomic E-state index is 12.8. The molecule has 144 valence electrons. The Morgan fingerprint density at radius 3 is 2.11 bits per heavy atom. The van der Waals surface area contributed by atoms with Crippen LogP contribution in [0.4, 0.5) is 11.4 Å². The second kappa shape index (κ2) is 8.29. The van der Waals surface area contributed by atoms with Gasteiger partial charge in [-0.15, -0.1) is 0 Å². The first-order chi connectivity index (χ1) is 12.8. The standard InChI is InChI=1S/C19H22ClN3O3S/c1-14(24)21-16-6-8-19(9-7-16)27(25,26)23-12-10-18(11-13-23)22-17-4-2-15(20)3-5-17/h2-9,18,22H,10-13H2,1H3,(H,21,24). The van der Waals surface area contributed by atoms with Crippen LogP contribution in [0.25, 0.3) is 0 Å². The first kappa shape index (κ1) is 19.7. The Bertz CT molecular complexity index is 891. The normalized spacial score (nSPS) is 16.1. The number of benzene rings is 2. The number of hydrogen-bond donors (Lipinski definition) is 2. The van der Waals surface area contributed by atoms with E-state index in [1.165, 1.54) is 23.4 Å². The molecule has 2 aromatic rings. The van der Waals surface area contributed by atoms with E-state index in [4.69, 9.17) is 11.6 Å². The summed E-state index contributed by atoms with van der Waals surface area (Å²) in [6.45, 7) is 2.33. The summed E-state index contributed by atoms with van der Waals surface area (Å²) in [7, 11) is -3.53. The molecule has 1 aliphatic heterocycles. The lowest BCUT2D eigenvalue weighted by atomic mass is 10.1. The number of halogens is 1. The molecule has 0 radical (unpaired) electrons. The predicted octanol–water partition coefficient (Wildman–Crippen LogP) is 3.56. The number of sulfonamides is 1. The van der Waals surface area contributed by atoms with E-state index >= 15 is 0 Å². The van der Waals surface area contributed by atoms with E-state index < -0.39 is 10.0 Å². The van der Waals surface area contributed by atoms with E-state index in [1.54, 1.807) is 12.1 Å². The maximum absolute atomic E-state index is 12.8. The van der Waals surface area contributed by atoms with Crippen molar-refractivity contribution in [3.63, 3.8) is 0 Å². The molecule has 27 heavy (non-hydrogen) atoms. The third kappa shape index (κ3) is 5.00. The van der Waals surface area contributed by atoms with E-state index in [9.17, 15) is 13.2 Å². The number of amides is 1. The third-order valence-corrected chi connectivity index (χ3v) is 6.65. The molecule has 0 saturated carbocycles. The van der Waals surface area contributed by atoms with Gasteiger partial charge in [-0.2, -0.15) is 4.31 Å². The number of anilines is 2. The average Bonchev–Trinajstić information content (AvgIpc) is 2.64. The molecule has 0 unspecified atom stereocenters. The smallest absolute Gasteiger partial charge is 0.243 e. The zero-order valence-electron chi connectivity index (χ0n) is 15.0. The van der Waals surface area contributed by atoms with Gasteiger partial charge in [0, 0.05) is 42.5 Å². The van der Waals surface area contributed by atoms with Crippen molar-refractivity contribution in [3.05, 3.63) is 53.6 Å². The van der Waals surface area contributed by atoms with Crippen molar-refractivity contribution < 1.29 is 13.2 Å². The maximum Gasteiger partial charge on any atom is 0.243 e. The Labute approximate surface area is 164 Å². The highest BCUT2D eigenvalue weighted by Gasteiger charge is 2.29. The molecule has 2 N–H and O–H groups in total. The molecule has 2 aromatic carbocycles. The minimum absolute atomic E-state index is 0.194. The molecular weight excluding hydrogens is 386 g/mol. The van der Waals surface area contributed by atoms with Crippen LogP contribution in [0.2, 0.25) is 5.02 Å². The summed E-state index contributed by atoms with van der Waals surface area (Å²) in [5, 5.41) is 6.74. The molecule has 1 amide bonds. The quantitative estimate of drug-likeness (QED) is 0.794. The molecule has 0 aliphatic carbocycles. The lowest BCUT2D eigenvalue weighted by Crippen LogP contribution is -2.42. The first-order valence-corrected chi connectivity index (χ1v) is 10.6. The molecule has 0 spiro atoms. The second-order valence-corrected chi connectivity index (χ2v) is 8.91. The van der Waals surface area contributed by atoms with Crippen molar-refractivity contribution >= 4 is 38.9 Å². The van der Waals surface area contributed by atoms with E-state index in [0.29, 0.717) is 23.8 Å². The van der Waals surface area contributed by atoms with Gasteiger partial charge in [0.1, 0.15) is 0 Å². The zero-order chi connectivity index (χ0) is 19.4. The fourth-order valence-electron chi connectivity index (χ4n) is 3.08. The monoisotopic (exact) mass is 407 g/mol. The molecule has 0 aromatic heterocycles. The van der Waals surface area contributed by atoms with Gasteiger partial charge in [0.2, 0.25) is 15.9 Å². The van der Waals surface area contributed by atoms with Crippen LogP contribution >= 0.6 is 11.6 Å². The van der Waals surface area contributed by atoms with E-state index in [-0.39, 0.29) is 16.8 Å². The van der Waals surface area contributed by atoms with Gasteiger partial charge in [-0.25, -0.2) is 8.42 Å². The van der Waals surface area contributed by atoms with Crippen LogP contribution in [0, 0.1) is 0 Å². The Kier molecular flexibility index (Phi) is 6.04. The van der Waals surface area contributed by atoms with Crippen molar-refractivity contribution in [3.8, 4) is 0 Å². The summed E-state index contributed by atoms with van der Waals surface area (Å²) >= 11 is 5.89. The molecule has 0 atom stereocenters. The van der Waals surface area contributed by atoms with Crippen LogP contribution in [-0.4, -0.2) is 37.8 Å². The van der Waals surface area contributed by atoms with Crippen LogP contribution in [0.15, 0.2) is 53.4 Å². The van der Waals surface area contributed by atoms with Crippen LogP contribution < -0.4 is 10.6 Å². The summed E-state index contributed by atoms with van der Waals surface area (Å²) in [5.41, 5.74) is 1.56. The van der Waals surface area contributed by atoms with Crippen LogP contribution in [0.1, 0.15) is 19.8 Å². The van der Waals surface area contributed by atoms with Crippen LogP contribution in [-0.2, 0) is 14.8 Å². The van der Waals surface area contributed by atoms with E-state index in [0.717, 1.165) is 18.5 Å². The van der Waals surface area contributed by atoms with Gasteiger partial charge >= 0.3 is 0 Å².